The fourth-order valence-electron chi connectivity index (χ4n) is 2.53. The van der Waals surface area contributed by atoms with E-state index in [1.54, 1.807) is 6.20 Å². The molecule has 1 aromatic carbocycles. The molecule has 0 N–H and O–H groups in total. The van der Waals surface area contributed by atoms with Crippen molar-refractivity contribution in [1.82, 2.24) is 9.47 Å². The maximum Gasteiger partial charge on any atom is 0.242 e. The number of benzene rings is 1. The molecule has 2 heterocycles. The molecule has 102 valence electrons. The number of ether oxygens (including phenoxy) is 1. The molecule has 1 saturated heterocycles. The van der Waals surface area contributed by atoms with Gasteiger partial charge in [-0.2, -0.15) is 5.26 Å². The summed E-state index contributed by atoms with van der Waals surface area (Å²) in [5, 5.41) is 10.0. The molecule has 1 aliphatic rings. The number of hydrogen-bond acceptors (Lipinski definition) is 3. The first-order chi connectivity index (χ1) is 9.79. The molecule has 2 aromatic rings. The van der Waals surface area contributed by atoms with E-state index in [4.69, 9.17) is 10.00 Å². The molecule has 1 aliphatic heterocycles. The monoisotopic (exact) mass is 269 g/mol. The number of nitriles is 1. The molecular formula is C15H15N3O2. The van der Waals surface area contributed by atoms with Crippen LogP contribution in [-0.2, 0) is 16.1 Å². The number of aromatic nitrogens is 1. The van der Waals surface area contributed by atoms with Crippen molar-refractivity contribution in [3.05, 3.63) is 36.0 Å². The minimum Gasteiger partial charge on any atom is -0.378 e. The second-order valence-electron chi connectivity index (χ2n) is 4.79. The van der Waals surface area contributed by atoms with Crippen LogP contribution in [0, 0.1) is 11.3 Å². The van der Waals surface area contributed by atoms with E-state index in [0.29, 0.717) is 31.9 Å². The number of morpholine rings is 1. The molecule has 1 fully saturated rings. The fraction of sp³-hybridized carbons (Fsp3) is 0.333. The van der Waals surface area contributed by atoms with Crippen LogP contribution in [0.1, 0.15) is 5.56 Å². The highest BCUT2D eigenvalue weighted by Gasteiger charge is 2.18. The standard InChI is InChI=1S/C15H15N3O2/c16-9-12-10-18(14-4-2-1-3-13(12)14)11-15(19)17-5-7-20-8-6-17/h1-4,10H,5-8,11H2. The van der Waals surface area contributed by atoms with Gasteiger partial charge in [-0.1, -0.05) is 18.2 Å². The molecule has 3 rings (SSSR count). The van der Waals surface area contributed by atoms with Gasteiger partial charge in [-0.3, -0.25) is 4.79 Å². The van der Waals surface area contributed by atoms with Gasteiger partial charge in [-0.15, -0.1) is 0 Å². The Balaban J connectivity index is 1.87. The average molecular weight is 269 g/mol. The molecule has 0 aliphatic carbocycles. The van der Waals surface area contributed by atoms with Crippen molar-refractivity contribution in [2.45, 2.75) is 6.54 Å². The molecule has 5 nitrogen and oxygen atoms in total. The second-order valence-corrected chi connectivity index (χ2v) is 4.79. The number of nitrogens with zero attached hydrogens (tertiary/aromatic N) is 3. The summed E-state index contributed by atoms with van der Waals surface area (Å²) in [7, 11) is 0. The minimum absolute atomic E-state index is 0.0681. The highest BCUT2D eigenvalue weighted by molar-refractivity contribution is 5.88. The minimum atomic E-state index is 0.0681. The number of fused-ring (bicyclic) bond motifs is 1. The fourth-order valence-corrected chi connectivity index (χ4v) is 2.53. The molecule has 0 bridgehead atoms. The molecule has 0 atom stereocenters. The SMILES string of the molecule is N#Cc1cn(CC(=O)N2CCOCC2)c2ccccc12. The van der Waals surface area contributed by atoms with Gasteiger partial charge in [0.05, 0.1) is 18.8 Å². The number of amides is 1. The van der Waals surface area contributed by atoms with Crippen LogP contribution in [0.2, 0.25) is 0 Å². The van der Waals surface area contributed by atoms with Crippen molar-refractivity contribution in [2.24, 2.45) is 0 Å². The third-order valence-corrected chi connectivity index (χ3v) is 3.58. The Labute approximate surface area is 117 Å². The van der Waals surface area contributed by atoms with Crippen LogP contribution in [0.3, 0.4) is 0 Å². The van der Waals surface area contributed by atoms with Crippen LogP contribution in [0.25, 0.3) is 10.9 Å². The summed E-state index contributed by atoms with van der Waals surface area (Å²) in [6.45, 7) is 2.75. The molecule has 1 amide bonds. The van der Waals surface area contributed by atoms with Crippen molar-refractivity contribution in [3.63, 3.8) is 0 Å². The maximum absolute atomic E-state index is 12.3. The third-order valence-electron chi connectivity index (χ3n) is 3.58. The largest absolute Gasteiger partial charge is 0.378 e. The summed E-state index contributed by atoms with van der Waals surface area (Å²) in [4.78, 5) is 14.1. The van der Waals surface area contributed by atoms with Gasteiger partial charge in [-0.05, 0) is 6.07 Å². The van der Waals surface area contributed by atoms with E-state index in [0.717, 1.165) is 10.9 Å². The van der Waals surface area contributed by atoms with Gasteiger partial charge < -0.3 is 14.2 Å². The first-order valence-electron chi connectivity index (χ1n) is 6.63. The topological polar surface area (TPSA) is 58.3 Å². The maximum atomic E-state index is 12.3. The summed E-state index contributed by atoms with van der Waals surface area (Å²) >= 11 is 0. The van der Waals surface area contributed by atoms with E-state index in [9.17, 15) is 4.79 Å². The average Bonchev–Trinajstić information content (AvgIpc) is 2.86. The summed E-state index contributed by atoms with van der Waals surface area (Å²) in [6.07, 6.45) is 1.75. The number of rotatable bonds is 2. The Morgan fingerprint density at radius 2 is 2.05 bits per heavy atom. The number of carbonyl (C=O) groups excluding carboxylic acids is 1. The van der Waals surface area contributed by atoms with Crippen molar-refractivity contribution < 1.29 is 9.53 Å². The Bertz CT molecular complexity index is 678. The summed E-state index contributed by atoms with van der Waals surface area (Å²) in [5.41, 5.74) is 1.53. The van der Waals surface area contributed by atoms with Crippen molar-refractivity contribution in [3.8, 4) is 6.07 Å². The smallest absolute Gasteiger partial charge is 0.242 e. The van der Waals surface area contributed by atoms with E-state index >= 15 is 0 Å². The molecule has 5 heteroatoms. The zero-order valence-corrected chi connectivity index (χ0v) is 11.1. The Morgan fingerprint density at radius 3 is 2.80 bits per heavy atom. The van der Waals surface area contributed by atoms with E-state index in [-0.39, 0.29) is 12.5 Å². The first-order valence-corrected chi connectivity index (χ1v) is 6.63. The van der Waals surface area contributed by atoms with E-state index in [2.05, 4.69) is 6.07 Å². The van der Waals surface area contributed by atoms with E-state index < -0.39 is 0 Å². The Morgan fingerprint density at radius 1 is 1.30 bits per heavy atom. The van der Waals surface area contributed by atoms with Crippen molar-refractivity contribution in [1.29, 1.82) is 5.26 Å². The van der Waals surface area contributed by atoms with Crippen LogP contribution < -0.4 is 0 Å². The van der Waals surface area contributed by atoms with Crippen LogP contribution in [-0.4, -0.2) is 41.7 Å². The number of carbonyl (C=O) groups is 1. The van der Waals surface area contributed by atoms with Crippen LogP contribution in [0.15, 0.2) is 30.5 Å². The van der Waals surface area contributed by atoms with Gasteiger partial charge >= 0.3 is 0 Å². The van der Waals surface area contributed by atoms with Crippen molar-refractivity contribution >= 4 is 16.8 Å². The van der Waals surface area contributed by atoms with Crippen LogP contribution >= 0.6 is 0 Å². The quantitative estimate of drug-likeness (QED) is 0.827. The zero-order chi connectivity index (χ0) is 13.9. The molecule has 0 unspecified atom stereocenters. The molecule has 20 heavy (non-hydrogen) atoms. The van der Waals surface area contributed by atoms with Gasteiger partial charge in [0.25, 0.3) is 0 Å². The zero-order valence-electron chi connectivity index (χ0n) is 11.1. The van der Waals surface area contributed by atoms with Crippen LogP contribution in [0.4, 0.5) is 0 Å². The lowest BCUT2D eigenvalue weighted by molar-refractivity contribution is -0.135. The number of para-hydroxylation sites is 1. The summed E-state index contributed by atoms with van der Waals surface area (Å²) in [5.74, 6) is 0.0681. The normalized spacial score (nSPS) is 15.2. The predicted molar refractivity (Wildman–Crippen MR) is 74.1 cm³/mol. The predicted octanol–water partition coefficient (Wildman–Crippen LogP) is 1.37. The third kappa shape index (κ3) is 2.26. The first kappa shape index (κ1) is 12.7. The lowest BCUT2D eigenvalue weighted by Gasteiger charge is -2.27. The van der Waals surface area contributed by atoms with Crippen molar-refractivity contribution in [2.75, 3.05) is 26.3 Å². The molecular weight excluding hydrogens is 254 g/mol. The highest BCUT2D eigenvalue weighted by Crippen LogP contribution is 2.20. The summed E-state index contributed by atoms with van der Waals surface area (Å²) in [6, 6.07) is 9.83. The molecule has 0 spiro atoms. The second kappa shape index (κ2) is 5.35. The van der Waals surface area contributed by atoms with Gasteiger partial charge in [-0.25, -0.2) is 0 Å². The molecule has 0 radical (unpaired) electrons. The van der Waals surface area contributed by atoms with E-state index in [1.165, 1.54) is 0 Å². The Kier molecular flexibility index (Phi) is 3.40. The molecule has 0 saturated carbocycles. The molecule has 1 aromatic heterocycles. The van der Waals surface area contributed by atoms with E-state index in [1.807, 2.05) is 33.7 Å². The lowest BCUT2D eigenvalue weighted by atomic mass is 10.2. The Hall–Kier alpha value is -2.32. The van der Waals surface area contributed by atoms with Gasteiger partial charge in [0.15, 0.2) is 0 Å². The van der Waals surface area contributed by atoms with Gasteiger partial charge in [0.2, 0.25) is 5.91 Å². The number of hydrogen-bond donors (Lipinski definition) is 0. The van der Waals surface area contributed by atoms with Crippen LogP contribution in [0.5, 0.6) is 0 Å². The lowest BCUT2D eigenvalue weighted by Crippen LogP contribution is -2.42. The van der Waals surface area contributed by atoms with Gasteiger partial charge in [0.1, 0.15) is 12.6 Å². The summed E-state index contributed by atoms with van der Waals surface area (Å²) < 4.78 is 7.10. The highest BCUT2D eigenvalue weighted by atomic mass is 16.5. The van der Waals surface area contributed by atoms with Gasteiger partial charge in [0, 0.05) is 30.2 Å².